The van der Waals surface area contributed by atoms with Gasteiger partial charge in [0.05, 0.1) is 5.92 Å². The molecule has 5 nitrogen and oxygen atoms in total. The third-order valence-electron chi connectivity index (χ3n) is 5.78. The van der Waals surface area contributed by atoms with E-state index in [-0.39, 0.29) is 23.7 Å². The molecule has 124 valence electrons. The molecule has 1 unspecified atom stereocenters. The zero-order chi connectivity index (χ0) is 15.5. The standard InChI is InChI=1S/C17H29N3O2/c18-11-13-5-3-7-15(13)17(22)20-10-4-6-14(12-20)16(21)19-8-1-2-9-19/h13-15H,1-12,18H2/t13-,14?,15-/m1/s1. The molecular formula is C17H29N3O2. The summed E-state index contributed by atoms with van der Waals surface area (Å²) in [5.41, 5.74) is 5.82. The first-order chi connectivity index (χ1) is 10.7. The molecule has 3 rings (SSSR count). The molecule has 0 aromatic carbocycles. The largest absolute Gasteiger partial charge is 0.342 e. The van der Waals surface area contributed by atoms with Gasteiger partial charge in [0.2, 0.25) is 11.8 Å². The number of hydrogen-bond acceptors (Lipinski definition) is 3. The maximum atomic E-state index is 12.8. The highest BCUT2D eigenvalue weighted by Gasteiger charge is 2.38. The van der Waals surface area contributed by atoms with Crippen LogP contribution in [0.3, 0.4) is 0 Å². The number of rotatable bonds is 3. The Hall–Kier alpha value is -1.10. The predicted molar refractivity (Wildman–Crippen MR) is 85.0 cm³/mol. The molecule has 3 fully saturated rings. The number of nitrogens with zero attached hydrogens (tertiary/aromatic N) is 2. The fraction of sp³-hybridized carbons (Fsp3) is 0.882. The minimum atomic E-state index is 0.0218. The summed E-state index contributed by atoms with van der Waals surface area (Å²) in [5.74, 6) is 1.00. The molecule has 2 heterocycles. The Morgan fingerprint density at radius 2 is 1.59 bits per heavy atom. The summed E-state index contributed by atoms with van der Waals surface area (Å²) < 4.78 is 0. The van der Waals surface area contributed by atoms with Crippen molar-refractivity contribution in [1.29, 1.82) is 0 Å². The van der Waals surface area contributed by atoms with Gasteiger partial charge in [0.25, 0.3) is 0 Å². The zero-order valence-electron chi connectivity index (χ0n) is 13.5. The van der Waals surface area contributed by atoms with Gasteiger partial charge in [-0.1, -0.05) is 6.42 Å². The molecule has 2 amide bonds. The first-order valence-corrected chi connectivity index (χ1v) is 8.98. The minimum Gasteiger partial charge on any atom is -0.342 e. The van der Waals surface area contributed by atoms with Gasteiger partial charge >= 0.3 is 0 Å². The van der Waals surface area contributed by atoms with Crippen LogP contribution in [-0.2, 0) is 9.59 Å². The van der Waals surface area contributed by atoms with Crippen molar-refractivity contribution in [1.82, 2.24) is 9.80 Å². The van der Waals surface area contributed by atoms with Gasteiger partial charge in [0.15, 0.2) is 0 Å². The summed E-state index contributed by atoms with van der Waals surface area (Å²) in [5, 5.41) is 0. The van der Waals surface area contributed by atoms with Crippen molar-refractivity contribution in [2.24, 2.45) is 23.5 Å². The van der Waals surface area contributed by atoms with E-state index in [0.29, 0.717) is 19.0 Å². The van der Waals surface area contributed by atoms with Crippen LogP contribution < -0.4 is 5.73 Å². The van der Waals surface area contributed by atoms with E-state index in [1.165, 1.54) is 0 Å². The van der Waals surface area contributed by atoms with Gasteiger partial charge in [0, 0.05) is 32.1 Å². The third kappa shape index (κ3) is 3.14. The van der Waals surface area contributed by atoms with Gasteiger partial charge in [-0.2, -0.15) is 0 Å². The van der Waals surface area contributed by atoms with Crippen molar-refractivity contribution in [2.45, 2.75) is 44.9 Å². The van der Waals surface area contributed by atoms with E-state index in [2.05, 4.69) is 0 Å². The molecule has 2 N–H and O–H groups in total. The van der Waals surface area contributed by atoms with E-state index < -0.39 is 0 Å². The molecule has 2 aliphatic heterocycles. The van der Waals surface area contributed by atoms with Crippen molar-refractivity contribution in [3.63, 3.8) is 0 Å². The summed E-state index contributed by atoms with van der Waals surface area (Å²) in [7, 11) is 0. The second-order valence-corrected chi connectivity index (χ2v) is 7.19. The smallest absolute Gasteiger partial charge is 0.227 e. The quantitative estimate of drug-likeness (QED) is 0.852. The van der Waals surface area contributed by atoms with E-state index in [9.17, 15) is 9.59 Å². The Morgan fingerprint density at radius 3 is 2.32 bits per heavy atom. The molecule has 2 saturated heterocycles. The summed E-state index contributed by atoms with van der Waals surface area (Å²) in [4.78, 5) is 29.3. The number of amides is 2. The van der Waals surface area contributed by atoms with Gasteiger partial charge < -0.3 is 15.5 Å². The van der Waals surface area contributed by atoms with Crippen LogP contribution in [0.15, 0.2) is 0 Å². The zero-order valence-corrected chi connectivity index (χ0v) is 13.5. The number of carbonyl (C=O) groups is 2. The van der Waals surface area contributed by atoms with Crippen molar-refractivity contribution >= 4 is 11.8 Å². The number of piperidine rings is 1. The van der Waals surface area contributed by atoms with Crippen LogP contribution in [0.1, 0.15) is 44.9 Å². The second-order valence-electron chi connectivity index (χ2n) is 7.19. The maximum absolute atomic E-state index is 12.8. The van der Waals surface area contributed by atoms with Crippen LogP contribution in [0, 0.1) is 17.8 Å². The molecule has 0 aromatic heterocycles. The molecule has 1 aliphatic carbocycles. The number of likely N-dealkylation sites (tertiary alicyclic amines) is 2. The average Bonchev–Trinajstić information content (AvgIpc) is 3.24. The predicted octanol–water partition coefficient (Wildman–Crippen LogP) is 1.22. The normalized spacial score (nSPS) is 32.5. The van der Waals surface area contributed by atoms with Gasteiger partial charge in [0.1, 0.15) is 0 Å². The fourth-order valence-electron chi connectivity index (χ4n) is 4.45. The molecule has 3 aliphatic rings. The second kappa shape index (κ2) is 6.99. The van der Waals surface area contributed by atoms with Crippen LogP contribution in [-0.4, -0.2) is 54.3 Å². The molecule has 0 bridgehead atoms. The monoisotopic (exact) mass is 307 g/mol. The number of nitrogens with two attached hydrogens (primary N) is 1. The molecule has 5 heteroatoms. The first-order valence-electron chi connectivity index (χ1n) is 8.98. The Bertz CT molecular complexity index is 420. The molecule has 22 heavy (non-hydrogen) atoms. The van der Waals surface area contributed by atoms with Gasteiger partial charge in [-0.3, -0.25) is 9.59 Å². The van der Waals surface area contributed by atoms with Gasteiger partial charge in [-0.05, 0) is 51.0 Å². The van der Waals surface area contributed by atoms with Crippen molar-refractivity contribution < 1.29 is 9.59 Å². The van der Waals surface area contributed by atoms with Crippen LogP contribution in [0.25, 0.3) is 0 Å². The molecule has 3 atom stereocenters. The molecule has 0 radical (unpaired) electrons. The highest BCUT2D eigenvalue weighted by atomic mass is 16.2. The Morgan fingerprint density at radius 1 is 0.864 bits per heavy atom. The Kier molecular flexibility index (Phi) is 5.01. The van der Waals surface area contributed by atoms with Crippen LogP contribution in [0.2, 0.25) is 0 Å². The van der Waals surface area contributed by atoms with E-state index in [1.807, 2.05) is 9.80 Å². The Labute approximate surface area is 133 Å². The minimum absolute atomic E-state index is 0.0218. The van der Waals surface area contributed by atoms with Gasteiger partial charge in [-0.25, -0.2) is 0 Å². The number of hydrogen-bond donors (Lipinski definition) is 1. The third-order valence-corrected chi connectivity index (χ3v) is 5.78. The van der Waals surface area contributed by atoms with E-state index in [1.54, 1.807) is 0 Å². The molecule has 1 saturated carbocycles. The average molecular weight is 307 g/mol. The van der Waals surface area contributed by atoms with E-state index in [0.717, 1.165) is 64.6 Å². The lowest BCUT2D eigenvalue weighted by Gasteiger charge is -2.36. The summed E-state index contributed by atoms with van der Waals surface area (Å²) in [6.45, 7) is 3.86. The van der Waals surface area contributed by atoms with Crippen molar-refractivity contribution in [3.05, 3.63) is 0 Å². The van der Waals surface area contributed by atoms with Crippen LogP contribution in [0.5, 0.6) is 0 Å². The lowest BCUT2D eigenvalue weighted by molar-refractivity contribution is -0.143. The molecular weight excluding hydrogens is 278 g/mol. The molecule has 0 aromatic rings. The van der Waals surface area contributed by atoms with E-state index >= 15 is 0 Å². The first kappa shape index (κ1) is 15.8. The fourth-order valence-corrected chi connectivity index (χ4v) is 4.45. The van der Waals surface area contributed by atoms with Crippen LogP contribution >= 0.6 is 0 Å². The lowest BCUT2D eigenvalue weighted by atomic mass is 9.91. The maximum Gasteiger partial charge on any atom is 0.227 e. The topological polar surface area (TPSA) is 66.6 Å². The van der Waals surface area contributed by atoms with Crippen molar-refractivity contribution in [3.8, 4) is 0 Å². The number of carbonyl (C=O) groups excluding carboxylic acids is 2. The van der Waals surface area contributed by atoms with Crippen LogP contribution in [0.4, 0.5) is 0 Å². The van der Waals surface area contributed by atoms with Crippen molar-refractivity contribution in [2.75, 3.05) is 32.7 Å². The summed E-state index contributed by atoms with van der Waals surface area (Å²) in [6, 6.07) is 0. The molecule has 0 spiro atoms. The Balaban J connectivity index is 1.60. The summed E-state index contributed by atoms with van der Waals surface area (Å²) >= 11 is 0. The highest BCUT2D eigenvalue weighted by Crippen LogP contribution is 2.33. The van der Waals surface area contributed by atoms with E-state index in [4.69, 9.17) is 5.73 Å². The summed E-state index contributed by atoms with van der Waals surface area (Å²) in [6.07, 6.45) is 7.31. The lowest BCUT2D eigenvalue weighted by Crippen LogP contribution is -2.48. The van der Waals surface area contributed by atoms with Gasteiger partial charge in [-0.15, -0.1) is 0 Å². The SMILES string of the molecule is NC[C@H]1CCC[C@H]1C(=O)N1CCCC(C(=O)N2CCCC2)C1. The highest BCUT2D eigenvalue weighted by molar-refractivity contribution is 5.83.